The molecular formula is C13H17BrFN. The van der Waals surface area contributed by atoms with Gasteiger partial charge >= 0.3 is 0 Å². The van der Waals surface area contributed by atoms with Crippen molar-refractivity contribution >= 4 is 15.9 Å². The fourth-order valence-electron chi connectivity index (χ4n) is 2.50. The second kappa shape index (κ2) is 4.84. The molecule has 2 rings (SSSR count). The molecule has 0 bridgehead atoms. The maximum absolute atomic E-state index is 13.4. The van der Waals surface area contributed by atoms with E-state index in [4.69, 9.17) is 5.73 Å². The molecule has 0 atom stereocenters. The molecule has 88 valence electrons. The first kappa shape index (κ1) is 12.1. The quantitative estimate of drug-likeness (QED) is 0.879. The summed E-state index contributed by atoms with van der Waals surface area (Å²) < 4.78 is 13.9. The molecule has 1 aliphatic carbocycles. The number of halogens is 2. The normalized spacial score (nSPS) is 19.7. The van der Waals surface area contributed by atoms with Crippen LogP contribution in [0.1, 0.15) is 37.7 Å². The van der Waals surface area contributed by atoms with Crippen LogP contribution < -0.4 is 5.73 Å². The second-order valence-corrected chi connectivity index (χ2v) is 5.61. The van der Waals surface area contributed by atoms with Crippen LogP contribution in [0.15, 0.2) is 22.7 Å². The van der Waals surface area contributed by atoms with E-state index in [0.717, 1.165) is 24.8 Å². The summed E-state index contributed by atoms with van der Waals surface area (Å²) in [5.74, 6) is -0.197. The number of hydrogen-bond donors (Lipinski definition) is 1. The average Bonchev–Trinajstić information content (AvgIpc) is 2.26. The van der Waals surface area contributed by atoms with Crippen molar-refractivity contribution in [2.45, 2.75) is 44.1 Å². The summed E-state index contributed by atoms with van der Waals surface area (Å²) in [6.07, 6.45) is 6.55. The fraction of sp³-hybridized carbons (Fsp3) is 0.538. The SMILES string of the molecule is NC1(Cc2cccc(F)c2Br)CCCCC1. The molecule has 0 unspecified atom stereocenters. The Kier molecular flexibility index (Phi) is 3.65. The smallest absolute Gasteiger partial charge is 0.137 e. The van der Waals surface area contributed by atoms with E-state index in [2.05, 4.69) is 15.9 Å². The lowest BCUT2D eigenvalue weighted by Gasteiger charge is -2.33. The topological polar surface area (TPSA) is 26.0 Å². The van der Waals surface area contributed by atoms with Crippen molar-refractivity contribution < 1.29 is 4.39 Å². The molecule has 1 nitrogen and oxygen atoms in total. The molecule has 1 aromatic carbocycles. The van der Waals surface area contributed by atoms with Crippen LogP contribution in [0.5, 0.6) is 0 Å². The lowest BCUT2D eigenvalue weighted by atomic mass is 9.78. The highest BCUT2D eigenvalue weighted by atomic mass is 79.9. The van der Waals surface area contributed by atoms with Gasteiger partial charge in [-0.15, -0.1) is 0 Å². The van der Waals surface area contributed by atoms with E-state index < -0.39 is 0 Å². The Morgan fingerprint density at radius 3 is 2.62 bits per heavy atom. The van der Waals surface area contributed by atoms with Gasteiger partial charge in [-0.2, -0.15) is 0 Å². The standard InChI is InChI=1S/C13H17BrFN/c14-12-10(5-4-6-11(12)15)9-13(16)7-2-1-3-8-13/h4-6H,1-3,7-9,16H2. The molecule has 2 N–H and O–H groups in total. The predicted molar refractivity (Wildman–Crippen MR) is 67.8 cm³/mol. The molecule has 0 heterocycles. The number of nitrogens with two attached hydrogens (primary N) is 1. The molecule has 0 saturated heterocycles. The van der Waals surface area contributed by atoms with Gasteiger partial charge in [-0.1, -0.05) is 31.4 Å². The van der Waals surface area contributed by atoms with Gasteiger partial charge in [0.1, 0.15) is 5.82 Å². The predicted octanol–water partition coefficient (Wildman–Crippen LogP) is 3.79. The summed E-state index contributed by atoms with van der Waals surface area (Å²) in [6, 6.07) is 5.18. The van der Waals surface area contributed by atoms with E-state index >= 15 is 0 Å². The minimum absolute atomic E-state index is 0.130. The molecule has 1 fully saturated rings. The van der Waals surface area contributed by atoms with Crippen molar-refractivity contribution in [1.29, 1.82) is 0 Å². The Morgan fingerprint density at radius 2 is 1.94 bits per heavy atom. The summed E-state index contributed by atoms with van der Waals surface area (Å²) in [5, 5.41) is 0. The Morgan fingerprint density at radius 1 is 1.25 bits per heavy atom. The van der Waals surface area contributed by atoms with Gasteiger partial charge in [-0.25, -0.2) is 4.39 Å². The van der Waals surface area contributed by atoms with Gasteiger partial charge in [0.2, 0.25) is 0 Å². The lowest BCUT2D eigenvalue weighted by molar-refractivity contribution is 0.293. The summed E-state index contributed by atoms with van der Waals surface area (Å²) >= 11 is 3.30. The van der Waals surface area contributed by atoms with Gasteiger partial charge < -0.3 is 5.73 Å². The Labute approximate surface area is 104 Å². The van der Waals surface area contributed by atoms with Crippen LogP contribution in [0.3, 0.4) is 0 Å². The van der Waals surface area contributed by atoms with Crippen LogP contribution in [-0.2, 0) is 6.42 Å². The molecule has 1 aliphatic rings. The minimum atomic E-state index is -0.197. The number of hydrogen-bond acceptors (Lipinski definition) is 1. The van der Waals surface area contributed by atoms with Crippen LogP contribution in [0.4, 0.5) is 4.39 Å². The highest BCUT2D eigenvalue weighted by Crippen LogP contribution is 2.31. The fourth-order valence-corrected chi connectivity index (χ4v) is 2.90. The van der Waals surface area contributed by atoms with E-state index in [1.54, 1.807) is 6.07 Å². The summed E-state index contributed by atoms with van der Waals surface area (Å²) in [4.78, 5) is 0. The van der Waals surface area contributed by atoms with Gasteiger partial charge in [-0.05, 0) is 46.8 Å². The number of benzene rings is 1. The first-order valence-electron chi connectivity index (χ1n) is 5.82. The zero-order valence-electron chi connectivity index (χ0n) is 9.31. The van der Waals surface area contributed by atoms with Crippen molar-refractivity contribution in [2.75, 3.05) is 0 Å². The maximum atomic E-state index is 13.4. The summed E-state index contributed by atoms with van der Waals surface area (Å²) in [5.41, 5.74) is 7.23. The van der Waals surface area contributed by atoms with Gasteiger partial charge in [0.05, 0.1) is 4.47 Å². The molecule has 0 spiro atoms. The van der Waals surface area contributed by atoms with E-state index in [0.29, 0.717) is 4.47 Å². The monoisotopic (exact) mass is 285 g/mol. The van der Waals surface area contributed by atoms with Crippen LogP contribution in [0.25, 0.3) is 0 Å². The van der Waals surface area contributed by atoms with Crippen molar-refractivity contribution in [3.8, 4) is 0 Å². The van der Waals surface area contributed by atoms with Crippen LogP contribution >= 0.6 is 15.9 Å². The highest BCUT2D eigenvalue weighted by molar-refractivity contribution is 9.10. The largest absolute Gasteiger partial charge is 0.325 e. The molecule has 1 saturated carbocycles. The van der Waals surface area contributed by atoms with Crippen molar-refractivity contribution in [3.63, 3.8) is 0 Å². The average molecular weight is 286 g/mol. The Bertz CT molecular complexity index is 372. The van der Waals surface area contributed by atoms with Crippen molar-refractivity contribution in [1.82, 2.24) is 0 Å². The first-order chi connectivity index (χ1) is 7.61. The first-order valence-corrected chi connectivity index (χ1v) is 6.62. The molecule has 3 heteroatoms. The van der Waals surface area contributed by atoms with E-state index in [9.17, 15) is 4.39 Å². The number of rotatable bonds is 2. The second-order valence-electron chi connectivity index (χ2n) is 4.81. The van der Waals surface area contributed by atoms with Gasteiger partial charge in [-0.3, -0.25) is 0 Å². The van der Waals surface area contributed by atoms with Gasteiger partial charge in [0.15, 0.2) is 0 Å². The maximum Gasteiger partial charge on any atom is 0.137 e. The highest BCUT2D eigenvalue weighted by Gasteiger charge is 2.28. The van der Waals surface area contributed by atoms with Gasteiger partial charge in [0.25, 0.3) is 0 Å². The molecule has 0 aliphatic heterocycles. The summed E-state index contributed by atoms with van der Waals surface area (Å²) in [6.45, 7) is 0. The third-order valence-corrected chi connectivity index (χ3v) is 4.31. The lowest BCUT2D eigenvalue weighted by Crippen LogP contribution is -2.43. The molecule has 0 amide bonds. The third-order valence-electron chi connectivity index (χ3n) is 3.42. The third kappa shape index (κ3) is 2.64. The van der Waals surface area contributed by atoms with Crippen LogP contribution in [0, 0.1) is 5.82 Å². The Balaban J connectivity index is 2.16. The Hall–Kier alpha value is -0.410. The molecule has 16 heavy (non-hydrogen) atoms. The van der Waals surface area contributed by atoms with Crippen molar-refractivity contribution in [3.05, 3.63) is 34.1 Å². The van der Waals surface area contributed by atoms with Crippen LogP contribution in [-0.4, -0.2) is 5.54 Å². The van der Waals surface area contributed by atoms with E-state index in [1.807, 2.05) is 6.07 Å². The molecule has 0 aromatic heterocycles. The van der Waals surface area contributed by atoms with Crippen LogP contribution in [0.2, 0.25) is 0 Å². The molecular weight excluding hydrogens is 269 g/mol. The van der Waals surface area contributed by atoms with Crippen molar-refractivity contribution in [2.24, 2.45) is 5.73 Å². The zero-order chi connectivity index (χ0) is 11.6. The zero-order valence-corrected chi connectivity index (χ0v) is 10.9. The minimum Gasteiger partial charge on any atom is -0.325 e. The van der Waals surface area contributed by atoms with E-state index in [1.165, 1.54) is 25.3 Å². The molecule has 0 radical (unpaired) electrons. The van der Waals surface area contributed by atoms with E-state index in [-0.39, 0.29) is 11.4 Å². The molecule has 1 aromatic rings. The van der Waals surface area contributed by atoms with Gasteiger partial charge in [0, 0.05) is 5.54 Å². The summed E-state index contributed by atoms with van der Waals surface area (Å²) in [7, 11) is 0.